The number of aromatic hydroxyl groups is 1. The molecule has 1 heterocycles. The van der Waals surface area contributed by atoms with Gasteiger partial charge in [-0.15, -0.1) is 0 Å². The Kier molecular flexibility index (Phi) is 2.68. The van der Waals surface area contributed by atoms with Crippen molar-refractivity contribution in [2.75, 3.05) is 5.73 Å². The average Bonchev–Trinajstić information content (AvgIpc) is 2.70. The Morgan fingerprint density at radius 1 is 1.06 bits per heavy atom. The molecule has 0 unspecified atom stereocenters. The zero-order valence-corrected chi connectivity index (χ0v) is 10.1. The van der Waals surface area contributed by atoms with E-state index < -0.39 is 0 Å². The molecule has 0 amide bonds. The molecule has 3 nitrogen and oxygen atoms in total. The van der Waals surface area contributed by atoms with Crippen molar-refractivity contribution < 1.29 is 5.11 Å². The summed E-state index contributed by atoms with van der Waals surface area (Å²) in [4.78, 5) is 2.35. The summed E-state index contributed by atoms with van der Waals surface area (Å²) < 4.78 is 0. The van der Waals surface area contributed by atoms with Crippen LogP contribution in [0.25, 0.3) is 0 Å². The standard InChI is InChI=1S/C15H16N2O/c16-14-3-1-2-11(6-14)8-17-9-12-4-5-15(18)7-13(12)10-17/h1-7,18H,8-10,16H2. The summed E-state index contributed by atoms with van der Waals surface area (Å²) in [5, 5.41) is 9.47. The van der Waals surface area contributed by atoms with E-state index in [0.717, 1.165) is 25.3 Å². The lowest BCUT2D eigenvalue weighted by molar-refractivity contribution is 0.275. The number of anilines is 1. The van der Waals surface area contributed by atoms with Gasteiger partial charge in [-0.3, -0.25) is 4.90 Å². The van der Waals surface area contributed by atoms with Crippen LogP contribution in [0.1, 0.15) is 16.7 Å². The molecule has 0 bridgehead atoms. The lowest BCUT2D eigenvalue weighted by Gasteiger charge is -2.14. The Balaban J connectivity index is 1.74. The summed E-state index contributed by atoms with van der Waals surface area (Å²) in [7, 11) is 0. The third-order valence-electron chi connectivity index (χ3n) is 3.33. The second-order valence-electron chi connectivity index (χ2n) is 4.84. The maximum absolute atomic E-state index is 9.47. The molecule has 0 spiro atoms. The molecule has 2 aromatic rings. The Morgan fingerprint density at radius 3 is 2.72 bits per heavy atom. The number of phenolic OH excluding ortho intramolecular Hbond substituents is 1. The van der Waals surface area contributed by atoms with Crippen LogP contribution in [0, 0.1) is 0 Å². The van der Waals surface area contributed by atoms with Crippen molar-refractivity contribution >= 4 is 5.69 Å². The van der Waals surface area contributed by atoms with Gasteiger partial charge in [0.1, 0.15) is 5.75 Å². The molecule has 0 aromatic heterocycles. The highest BCUT2D eigenvalue weighted by molar-refractivity contribution is 5.41. The van der Waals surface area contributed by atoms with Crippen LogP contribution in [0.5, 0.6) is 5.75 Å². The molecule has 1 aliphatic rings. The highest BCUT2D eigenvalue weighted by Gasteiger charge is 2.19. The van der Waals surface area contributed by atoms with E-state index in [1.807, 2.05) is 30.3 Å². The highest BCUT2D eigenvalue weighted by atomic mass is 16.3. The first-order valence-corrected chi connectivity index (χ1v) is 6.08. The van der Waals surface area contributed by atoms with E-state index in [9.17, 15) is 5.11 Å². The Morgan fingerprint density at radius 2 is 1.89 bits per heavy atom. The molecule has 2 aromatic carbocycles. The predicted octanol–water partition coefficient (Wildman–Crippen LogP) is 2.49. The van der Waals surface area contributed by atoms with Crippen molar-refractivity contribution in [3.05, 3.63) is 59.2 Å². The van der Waals surface area contributed by atoms with Gasteiger partial charge in [0.2, 0.25) is 0 Å². The summed E-state index contributed by atoms with van der Waals surface area (Å²) >= 11 is 0. The topological polar surface area (TPSA) is 49.5 Å². The maximum atomic E-state index is 9.47. The van der Waals surface area contributed by atoms with Gasteiger partial charge in [-0.1, -0.05) is 18.2 Å². The van der Waals surface area contributed by atoms with Crippen molar-refractivity contribution in [2.45, 2.75) is 19.6 Å². The lowest BCUT2D eigenvalue weighted by atomic mass is 10.1. The fourth-order valence-corrected chi connectivity index (χ4v) is 2.51. The molecule has 0 aliphatic carbocycles. The highest BCUT2D eigenvalue weighted by Crippen LogP contribution is 2.27. The van der Waals surface area contributed by atoms with Crippen LogP contribution in [0.4, 0.5) is 5.69 Å². The van der Waals surface area contributed by atoms with Gasteiger partial charge in [0.05, 0.1) is 0 Å². The van der Waals surface area contributed by atoms with Gasteiger partial charge in [-0.05, 0) is 41.0 Å². The van der Waals surface area contributed by atoms with E-state index in [-0.39, 0.29) is 0 Å². The van der Waals surface area contributed by atoms with E-state index in [1.54, 1.807) is 6.07 Å². The average molecular weight is 240 g/mol. The largest absolute Gasteiger partial charge is 0.508 e. The fourth-order valence-electron chi connectivity index (χ4n) is 2.51. The van der Waals surface area contributed by atoms with Crippen LogP contribution in [0.3, 0.4) is 0 Å². The molecule has 0 fully saturated rings. The quantitative estimate of drug-likeness (QED) is 0.793. The summed E-state index contributed by atoms with van der Waals surface area (Å²) in [6.07, 6.45) is 0. The first-order valence-electron chi connectivity index (χ1n) is 6.08. The smallest absolute Gasteiger partial charge is 0.115 e. The number of rotatable bonds is 2. The third kappa shape index (κ3) is 2.17. The number of nitrogens with two attached hydrogens (primary N) is 1. The number of nitrogens with zero attached hydrogens (tertiary/aromatic N) is 1. The Bertz CT molecular complexity index is 580. The summed E-state index contributed by atoms with van der Waals surface area (Å²) in [6.45, 7) is 2.71. The molecule has 3 rings (SSSR count). The zero-order valence-electron chi connectivity index (χ0n) is 10.1. The molecule has 0 saturated carbocycles. The van der Waals surface area contributed by atoms with Gasteiger partial charge in [-0.25, -0.2) is 0 Å². The number of nitrogen functional groups attached to an aromatic ring is 1. The predicted molar refractivity (Wildman–Crippen MR) is 71.9 cm³/mol. The molecule has 0 saturated heterocycles. The normalized spacial score (nSPS) is 14.7. The molecule has 0 atom stereocenters. The third-order valence-corrected chi connectivity index (χ3v) is 3.33. The van der Waals surface area contributed by atoms with Gasteiger partial charge >= 0.3 is 0 Å². The van der Waals surface area contributed by atoms with E-state index in [4.69, 9.17) is 5.73 Å². The number of hydrogen-bond acceptors (Lipinski definition) is 3. The van der Waals surface area contributed by atoms with Gasteiger partial charge in [0.15, 0.2) is 0 Å². The van der Waals surface area contributed by atoms with E-state index in [0.29, 0.717) is 5.75 Å². The van der Waals surface area contributed by atoms with Crippen molar-refractivity contribution in [1.29, 1.82) is 0 Å². The van der Waals surface area contributed by atoms with E-state index >= 15 is 0 Å². The van der Waals surface area contributed by atoms with Gasteiger partial charge < -0.3 is 10.8 Å². The summed E-state index contributed by atoms with van der Waals surface area (Å²) in [6, 6.07) is 13.6. The van der Waals surface area contributed by atoms with Crippen LogP contribution in [0.15, 0.2) is 42.5 Å². The molecule has 1 aliphatic heterocycles. The van der Waals surface area contributed by atoms with E-state index in [2.05, 4.69) is 11.0 Å². The minimum Gasteiger partial charge on any atom is -0.508 e. The second kappa shape index (κ2) is 4.35. The fraction of sp³-hybridized carbons (Fsp3) is 0.200. The Hall–Kier alpha value is -2.00. The molecular formula is C15H16N2O. The van der Waals surface area contributed by atoms with Crippen molar-refractivity contribution in [2.24, 2.45) is 0 Å². The summed E-state index contributed by atoms with van der Waals surface area (Å²) in [5.74, 6) is 0.347. The molecule has 92 valence electrons. The van der Waals surface area contributed by atoms with Gasteiger partial charge in [-0.2, -0.15) is 0 Å². The minimum atomic E-state index is 0.347. The van der Waals surface area contributed by atoms with Crippen molar-refractivity contribution in [1.82, 2.24) is 4.90 Å². The van der Waals surface area contributed by atoms with Crippen LogP contribution in [-0.4, -0.2) is 10.0 Å². The van der Waals surface area contributed by atoms with Crippen LogP contribution in [0.2, 0.25) is 0 Å². The summed E-state index contributed by atoms with van der Waals surface area (Å²) in [5.41, 5.74) is 10.3. The van der Waals surface area contributed by atoms with Crippen LogP contribution < -0.4 is 5.73 Å². The maximum Gasteiger partial charge on any atom is 0.115 e. The van der Waals surface area contributed by atoms with E-state index in [1.165, 1.54) is 16.7 Å². The van der Waals surface area contributed by atoms with Gasteiger partial charge in [0.25, 0.3) is 0 Å². The van der Waals surface area contributed by atoms with Gasteiger partial charge in [0, 0.05) is 25.3 Å². The second-order valence-corrected chi connectivity index (χ2v) is 4.84. The van der Waals surface area contributed by atoms with Crippen LogP contribution >= 0.6 is 0 Å². The zero-order chi connectivity index (χ0) is 12.5. The van der Waals surface area contributed by atoms with Crippen molar-refractivity contribution in [3.63, 3.8) is 0 Å². The number of benzene rings is 2. The Labute approximate surface area is 106 Å². The molecule has 18 heavy (non-hydrogen) atoms. The molecule has 3 N–H and O–H groups in total. The SMILES string of the molecule is Nc1cccc(CN2Cc3ccc(O)cc3C2)c1. The lowest BCUT2D eigenvalue weighted by Crippen LogP contribution is -2.15. The minimum absolute atomic E-state index is 0.347. The molecule has 3 heteroatoms. The number of hydrogen-bond donors (Lipinski definition) is 2. The van der Waals surface area contributed by atoms with Crippen LogP contribution in [-0.2, 0) is 19.6 Å². The number of phenols is 1. The molecular weight excluding hydrogens is 224 g/mol. The first kappa shape index (κ1) is 11.1. The monoisotopic (exact) mass is 240 g/mol. The van der Waals surface area contributed by atoms with Crippen molar-refractivity contribution in [3.8, 4) is 5.75 Å². The molecule has 0 radical (unpaired) electrons. The first-order chi connectivity index (χ1) is 8.70. The number of fused-ring (bicyclic) bond motifs is 1.